The van der Waals surface area contributed by atoms with Crippen molar-refractivity contribution >= 4 is 40.5 Å². The Bertz CT molecular complexity index is 965. The van der Waals surface area contributed by atoms with Crippen molar-refractivity contribution < 1.29 is 14.3 Å². The average Bonchev–Trinajstić information content (AvgIpc) is 2.82. The molecular weight excluding hydrogens is 477 g/mol. The normalized spacial score (nSPS) is 17.4. The highest BCUT2D eigenvalue weighted by molar-refractivity contribution is 6.39. The first-order valence-electron chi connectivity index (χ1n) is 10.9. The van der Waals surface area contributed by atoms with Crippen LogP contribution in [0.25, 0.3) is 5.57 Å². The Morgan fingerprint density at radius 2 is 1.88 bits per heavy atom. The van der Waals surface area contributed by atoms with Crippen LogP contribution >= 0.6 is 23.2 Å². The molecule has 1 amide bonds. The molecule has 0 spiro atoms. The molecule has 186 valence electrons. The van der Waals surface area contributed by atoms with Gasteiger partial charge in [-0.3, -0.25) is 15.1 Å². The number of piperazine rings is 1. The van der Waals surface area contributed by atoms with Crippen LogP contribution < -0.4 is 20.9 Å². The third-order valence-corrected chi connectivity index (χ3v) is 6.71. The second-order valence-corrected chi connectivity index (χ2v) is 8.76. The number of halogens is 2. The number of benzene rings is 1. The topological polar surface area (TPSA) is 118 Å². The molecule has 0 aliphatic carbocycles. The summed E-state index contributed by atoms with van der Waals surface area (Å²) in [4.78, 5) is 16.2. The van der Waals surface area contributed by atoms with E-state index in [9.17, 15) is 4.79 Å². The van der Waals surface area contributed by atoms with Gasteiger partial charge in [0.15, 0.2) is 0 Å². The first kappa shape index (κ1) is 27.6. The Morgan fingerprint density at radius 3 is 2.38 bits per heavy atom. The lowest BCUT2D eigenvalue weighted by Gasteiger charge is -2.39. The van der Waals surface area contributed by atoms with Gasteiger partial charge in [-0.25, -0.2) is 0 Å². The maximum atomic E-state index is 12.1. The van der Waals surface area contributed by atoms with Crippen LogP contribution in [0.3, 0.4) is 0 Å². The fraction of sp³-hybridized carbons (Fsp3) is 0.417. The van der Waals surface area contributed by atoms with Gasteiger partial charge in [-0.1, -0.05) is 29.8 Å². The fourth-order valence-corrected chi connectivity index (χ4v) is 4.70. The number of ether oxygens (including phenoxy) is 2. The van der Waals surface area contributed by atoms with Gasteiger partial charge >= 0.3 is 0 Å². The molecule has 2 rings (SSSR count). The van der Waals surface area contributed by atoms with Crippen LogP contribution in [0.4, 0.5) is 0 Å². The number of amides is 1. The van der Waals surface area contributed by atoms with Crippen LogP contribution in [0.5, 0.6) is 11.5 Å². The number of likely N-dealkylation sites (N-methyl/N-ethyl adjacent to an activating group) is 1. The lowest BCUT2D eigenvalue weighted by atomic mass is 9.94. The minimum Gasteiger partial charge on any atom is -0.495 e. The summed E-state index contributed by atoms with van der Waals surface area (Å²) in [5.41, 5.74) is 13.1. The number of nitrogens with one attached hydrogen (secondary N) is 1. The maximum absolute atomic E-state index is 12.1. The van der Waals surface area contributed by atoms with Gasteiger partial charge in [0.05, 0.1) is 24.3 Å². The minimum absolute atomic E-state index is 0.0556. The quantitative estimate of drug-likeness (QED) is 0.191. The van der Waals surface area contributed by atoms with Crippen LogP contribution in [0.2, 0.25) is 10.0 Å². The Hall–Kier alpha value is -2.68. The van der Waals surface area contributed by atoms with Gasteiger partial charge in [0.25, 0.3) is 0 Å². The largest absolute Gasteiger partial charge is 0.495 e. The molecule has 1 aliphatic heterocycles. The molecule has 5 N–H and O–H groups in total. The standard InChI is InChI=1S/C24H33Cl2N5O3/c1-5-20(32)31-10-9-30(2)17(14-31)8-6-7-15(11-16(13-27)24(28)29)21-22(25)18(33-3)12-19(34-4)23(21)26/h5,11-13,17H,1,6-10,14,27H2,2-4H3,(H3,28,29)/b15-11+,16-13-. The van der Waals surface area contributed by atoms with Gasteiger partial charge in [0.1, 0.15) is 17.3 Å². The maximum Gasteiger partial charge on any atom is 0.246 e. The number of allylic oxidation sites excluding steroid dienone is 1. The lowest BCUT2D eigenvalue weighted by molar-refractivity contribution is -0.128. The van der Waals surface area contributed by atoms with E-state index >= 15 is 0 Å². The predicted octanol–water partition coefficient (Wildman–Crippen LogP) is 3.67. The Balaban J connectivity index is 2.37. The van der Waals surface area contributed by atoms with Crippen molar-refractivity contribution in [2.45, 2.75) is 25.3 Å². The number of carbonyl (C=O) groups excluding carboxylic acids is 1. The molecule has 1 atom stereocenters. The van der Waals surface area contributed by atoms with E-state index in [-0.39, 0.29) is 17.8 Å². The van der Waals surface area contributed by atoms with E-state index in [1.54, 1.807) is 12.1 Å². The van der Waals surface area contributed by atoms with Gasteiger partial charge in [0, 0.05) is 49.1 Å². The zero-order chi connectivity index (χ0) is 25.4. The minimum atomic E-state index is -0.173. The molecule has 10 heteroatoms. The summed E-state index contributed by atoms with van der Waals surface area (Å²) in [5.74, 6) is 0.596. The molecule has 1 aromatic rings. The number of hydrogen-bond donors (Lipinski definition) is 3. The molecule has 1 fully saturated rings. The van der Waals surface area contributed by atoms with Crippen molar-refractivity contribution in [3.05, 3.63) is 52.2 Å². The molecule has 1 aromatic carbocycles. The zero-order valence-corrected chi connectivity index (χ0v) is 21.4. The van der Waals surface area contributed by atoms with Crippen LogP contribution in [0.15, 0.2) is 36.6 Å². The van der Waals surface area contributed by atoms with E-state index in [2.05, 4.69) is 18.5 Å². The second kappa shape index (κ2) is 12.7. The van der Waals surface area contributed by atoms with E-state index in [0.29, 0.717) is 52.2 Å². The van der Waals surface area contributed by atoms with Crippen molar-refractivity contribution in [2.24, 2.45) is 11.5 Å². The third-order valence-electron chi connectivity index (χ3n) is 5.96. The summed E-state index contributed by atoms with van der Waals surface area (Å²) in [6.07, 6.45) is 6.50. The zero-order valence-electron chi connectivity index (χ0n) is 19.9. The first-order chi connectivity index (χ1) is 16.2. The molecule has 1 saturated heterocycles. The van der Waals surface area contributed by atoms with Crippen LogP contribution in [-0.4, -0.2) is 68.5 Å². The Kier molecular flexibility index (Phi) is 10.3. The predicted molar refractivity (Wildman–Crippen MR) is 139 cm³/mol. The monoisotopic (exact) mass is 509 g/mol. The van der Waals surface area contributed by atoms with Gasteiger partial charge in [-0.05, 0) is 44.0 Å². The summed E-state index contributed by atoms with van der Waals surface area (Å²) in [5, 5.41) is 8.49. The lowest BCUT2D eigenvalue weighted by Crippen LogP contribution is -2.52. The van der Waals surface area contributed by atoms with E-state index in [1.807, 2.05) is 4.90 Å². The highest BCUT2D eigenvalue weighted by Crippen LogP contribution is 2.45. The number of methoxy groups -OCH3 is 2. The summed E-state index contributed by atoms with van der Waals surface area (Å²) in [6.45, 7) is 5.70. The van der Waals surface area contributed by atoms with E-state index in [1.165, 1.54) is 26.5 Å². The summed E-state index contributed by atoms with van der Waals surface area (Å²) in [7, 11) is 5.08. The fourth-order valence-electron chi connectivity index (χ4n) is 3.96. The Morgan fingerprint density at radius 1 is 1.26 bits per heavy atom. The summed E-state index contributed by atoms with van der Waals surface area (Å²) < 4.78 is 10.8. The van der Waals surface area contributed by atoms with Gasteiger partial charge in [0.2, 0.25) is 5.91 Å². The van der Waals surface area contributed by atoms with Gasteiger partial charge in [-0.2, -0.15) is 0 Å². The number of nitrogens with two attached hydrogens (primary N) is 2. The highest BCUT2D eigenvalue weighted by Gasteiger charge is 2.26. The molecule has 34 heavy (non-hydrogen) atoms. The Labute approximate surface area is 211 Å². The molecule has 0 aromatic heterocycles. The van der Waals surface area contributed by atoms with E-state index in [4.69, 9.17) is 49.6 Å². The molecule has 1 heterocycles. The number of nitrogens with zero attached hydrogens (tertiary/aromatic N) is 2. The smallest absolute Gasteiger partial charge is 0.246 e. The highest BCUT2D eigenvalue weighted by atomic mass is 35.5. The van der Waals surface area contributed by atoms with Crippen molar-refractivity contribution in [3.8, 4) is 11.5 Å². The number of carbonyl (C=O) groups is 1. The van der Waals surface area contributed by atoms with Crippen molar-refractivity contribution in [3.63, 3.8) is 0 Å². The average molecular weight is 510 g/mol. The van der Waals surface area contributed by atoms with Crippen LogP contribution in [0.1, 0.15) is 24.8 Å². The molecule has 8 nitrogen and oxygen atoms in total. The summed E-state index contributed by atoms with van der Waals surface area (Å²) >= 11 is 13.3. The van der Waals surface area contributed by atoms with Gasteiger partial charge < -0.3 is 25.8 Å². The molecular formula is C24H33Cl2N5O3. The molecule has 1 aliphatic rings. The molecule has 0 radical (unpaired) electrons. The van der Waals surface area contributed by atoms with Crippen molar-refractivity contribution in [2.75, 3.05) is 40.9 Å². The number of rotatable bonds is 10. The number of amidine groups is 1. The van der Waals surface area contributed by atoms with Crippen molar-refractivity contribution in [1.82, 2.24) is 9.80 Å². The van der Waals surface area contributed by atoms with Crippen LogP contribution in [0, 0.1) is 5.41 Å². The molecule has 0 bridgehead atoms. The number of hydrogen-bond acceptors (Lipinski definition) is 6. The van der Waals surface area contributed by atoms with Crippen molar-refractivity contribution in [1.29, 1.82) is 5.41 Å². The van der Waals surface area contributed by atoms with Crippen LogP contribution in [-0.2, 0) is 4.79 Å². The first-order valence-corrected chi connectivity index (χ1v) is 11.6. The SMILES string of the molecule is C=CC(=O)N1CCN(C)C(CCC/C(=C\C(=C\N)C(=N)N)c2c(Cl)c(OC)cc(OC)c2Cl)C1. The third kappa shape index (κ3) is 6.46. The summed E-state index contributed by atoms with van der Waals surface area (Å²) in [6, 6.07) is 1.82. The second-order valence-electron chi connectivity index (χ2n) is 8.00. The van der Waals surface area contributed by atoms with E-state index in [0.717, 1.165) is 25.0 Å². The molecule has 1 unspecified atom stereocenters. The van der Waals surface area contributed by atoms with Gasteiger partial charge in [-0.15, -0.1) is 0 Å². The van der Waals surface area contributed by atoms with E-state index < -0.39 is 0 Å². The molecule has 0 saturated carbocycles.